The van der Waals surface area contributed by atoms with E-state index < -0.39 is 0 Å². The molecule has 0 fully saturated rings. The highest BCUT2D eigenvalue weighted by atomic mass is 35.5. The predicted octanol–water partition coefficient (Wildman–Crippen LogP) is 5.18. The number of hydrogen-bond donors (Lipinski definition) is 1. The van der Waals surface area contributed by atoms with Crippen molar-refractivity contribution in [3.63, 3.8) is 0 Å². The van der Waals surface area contributed by atoms with Gasteiger partial charge in [-0.1, -0.05) is 13.3 Å². The van der Waals surface area contributed by atoms with Gasteiger partial charge >= 0.3 is 5.97 Å². The monoisotopic (exact) mass is 445 g/mol. The largest absolute Gasteiger partial charge is 0.507 e. The molecule has 0 radical (unpaired) electrons. The van der Waals surface area contributed by atoms with Crippen molar-refractivity contribution in [1.29, 1.82) is 0 Å². The van der Waals surface area contributed by atoms with Crippen LogP contribution in [0.5, 0.6) is 5.75 Å². The van der Waals surface area contributed by atoms with Gasteiger partial charge in [0, 0.05) is 47.7 Å². The Labute approximate surface area is 190 Å². The Balaban J connectivity index is 0.00000341. The van der Waals surface area contributed by atoms with Gasteiger partial charge in [0.05, 0.1) is 17.7 Å². The quantitative estimate of drug-likeness (QED) is 0.484. The first kappa shape index (κ1) is 24.7. The molecule has 0 saturated heterocycles. The van der Waals surface area contributed by atoms with Crippen molar-refractivity contribution in [2.45, 2.75) is 46.7 Å². The number of aromatic nitrogens is 2. The van der Waals surface area contributed by atoms with E-state index in [1.807, 2.05) is 51.0 Å². The van der Waals surface area contributed by atoms with Crippen LogP contribution in [0.1, 0.15) is 48.3 Å². The number of aryl methyl sites for hydroxylation is 1. The van der Waals surface area contributed by atoms with E-state index in [1.54, 1.807) is 12.4 Å². The molecule has 7 heteroatoms. The maximum absolute atomic E-state index is 12.9. The Morgan fingerprint density at radius 1 is 1.23 bits per heavy atom. The summed E-state index contributed by atoms with van der Waals surface area (Å²) >= 11 is 0. The number of phenols is 1. The van der Waals surface area contributed by atoms with Gasteiger partial charge in [-0.2, -0.15) is 0 Å². The number of halogens is 1. The third kappa shape index (κ3) is 4.86. The molecule has 0 aliphatic carbocycles. The van der Waals surface area contributed by atoms with Crippen LogP contribution in [0.3, 0.4) is 0 Å². The molecule has 0 spiro atoms. The van der Waals surface area contributed by atoms with E-state index in [1.165, 1.54) is 0 Å². The lowest BCUT2D eigenvalue weighted by Crippen LogP contribution is -2.13. The Bertz CT molecular complexity index is 1050. The zero-order valence-electron chi connectivity index (χ0n) is 18.9. The summed E-state index contributed by atoms with van der Waals surface area (Å²) in [6.07, 6.45) is 5.49. The van der Waals surface area contributed by atoms with Gasteiger partial charge in [-0.25, -0.2) is 4.79 Å². The highest BCUT2D eigenvalue weighted by Crippen LogP contribution is 2.41. The summed E-state index contributed by atoms with van der Waals surface area (Å²) in [6.45, 7) is 7.54. The SMILES string of the molecule is CCCCn1c(C)c(C(=O)OCC)c2c(CN(C)C)c(O)c(-c3ccncc3)cc21.Cl. The molecular formula is C24H32ClN3O3. The lowest BCUT2D eigenvalue weighted by Gasteiger charge is -2.17. The summed E-state index contributed by atoms with van der Waals surface area (Å²) in [5.41, 5.74) is 4.76. The van der Waals surface area contributed by atoms with Crippen LogP contribution in [0.15, 0.2) is 30.6 Å². The van der Waals surface area contributed by atoms with Crippen LogP contribution in [0.4, 0.5) is 0 Å². The summed E-state index contributed by atoms with van der Waals surface area (Å²) in [4.78, 5) is 19.0. The minimum atomic E-state index is -0.341. The molecule has 0 aliphatic rings. The number of esters is 1. The second kappa shape index (κ2) is 10.6. The molecular weight excluding hydrogens is 414 g/mol. The molecule has 0 aliphatic heterocycles. The fraction of sp³-hybridized carbons (Fsp3) is 0.417. The van der Waals surface area contributed by atoms with Crippen molar-refractivity contribution in [2.24, 2.45) is 0 Å². The molecule has 0 bridgehead atoms. The van der Waals surface area contributed by atoms with Crippen molar-refractivity contribution in [1.82, 2.24) is 14.5 Å². The zero-order chi connectivity index (χ0) is 21.8. The average Bonchev–Trinajstić information content (AvgIpc) is 3.00. The molecule has 0 amide bonds. The highest BCUT2D eigenvalue weighted by molar-refractivity contribution is 6.09. The third-order valence-electron chi connectivity index (χ3n) is 5.37. The predicted molar refractivity (Wildman–Crippen MR) is 127 cm³/mol. The molecule has 0 unspecified atom stereocenters. The molecule has 2 aromatic heterocycles. The van der Waals surface area contributed by atoms with Crippen LogP contribution in [0.25, 0.3) is 22.0 Å². The van der Waals surface area contributed by atoms with E-state index in [0.29, 0.717) is 18.7 Å². The van der Waals surface area contributed by atoms with E-state index in [2.05, 4.69) is 16.5 Å². The molecule has 1 aromatic carbocycles. The number of nitrogens with zero attached hydrogens (tertiary/aromatic N) is 3. The first-order valence-corrected chi connectivity index (χ1v) is 10.5. The number of rotatable bonds is 8. The maximum Gasteiger partial charge on any atom is 0.340 e. The number of phenolic OH excluding ortho intramolecular Hbond substituents is 1. The number of aromatic hydroxyl groups is 1. The first-order valence-electron chi connectivity index (χ1n) is 10.5. The Morgan fingerprint density at radius 3 is 2.48 bits per heavy atom. The van der Waals surface area contributed by atoms with Gasteiger partial charge < -0.3 is 19.3 Å². The van der Waals surface area contributed by atoms with Crippen LogP contribution in [0, 0.1) is 6.92 Å². The Kier molecular flexibility index (Phi) is 8.48. The topological polar surface area (TPSA) is 67.6 Å². The van der Waals surface area contributed by atoms with Crippen LogP contribution in [-0.4, -0.2) is 46.2 Å². The summed E-state index contributed by atoms with van der Waals surface area (Å²) in [5, 5.41) is 12.1. The fourth-order valence-electron chi connectivity index (χ4n) is 3.98. The zero-order valence-corrected chi connectivity index (χ0v) is 19.8. The summed E-state index contributed by atoms with van der Waals surface area (Å²) < 4.78 is 7.58. The van der Waals surface area contributed by atoms with E-state index in [4.69, 9.17) is 4.74 Å². The van der Waals surface area contributed by atoms with Gasteiger partial charge in [0.25, 0.3) is 0 Å². The van der Waals surface area contributed by atoms with Gasteiger partial charge in [-0.15, -0.1) is 12.4 Å². The normalized spacial score (nSPS) is 11.0. The second-order valence-electron chi connectivity index (χ2n) is 7.81. The molecule has 0 saturated carbocycles. The molecule has 168 valence electrons. The number of pyridine rings is 1. The molecule has 3 rings (SSSR count). The van der Waals surface area contributed by atoms with Gasteiger partial charge in [0.15, 0.2) is 0 Å². The molecule has 6 nitrogen and oxygen atoms in total. The molecule has 0 atom stereocenters. The van der Waals surface area contributed by atoms with Crippen LogP contribution < -0.4 is 0 Å². The summed E-state index contributed by atoms with van der Waals surface area (Å²) in [5.74, 6) is -0.146. The minimum Gasteiger partial charge on any atom is -0.507 e. The van der Waals surface area contributed by atoms with Crippen molar-refractivity contribution in [2.75, 3.05) is 20.7 Å². The minimum absolute atomic E-state index is 0. The molecule has 31 heavy (non-hydrogen) atoms. The van der Waals surface area contributed by atoms with E-state index in [9.17, 15) is 9.90 Å². The van der Waals surface area contributed by atoms with Gasteiger partial charge in [-0.3, -0.25) is 4.98 Å². The van der Waals surface area contributed by atoms with E-state index >= 15 is 0 Å². The van der Waals surface area contributed by atoms with Gasteiger partial charge in [-0.05, 0) is 58.1 Å². The van der Waals surface area contributed by atoms with Crippen LogP contribution in [0.2, 0.25) is 0 Å². The summed E-state index contributed by atoms with van der Waals surface area (Å²) in [7, 11) is 3.91. The third-order valence-corrected chi connectivity index (χ3v) is 5.37. The molecule has 1 N–H and O–H groups in total. The standard InChI is InChI=1S/C24H31N3O3.ClH/c1-6-8-13-27-16(3)21(24(29)30-7-2)22-19(15-26(4)5)23(28)18(14-20(22)27)17-9-11-25-12-10-17;/h9-12,14,28H,6-8,13,15H2,1-5H3;1H. The van der Waals surface area contributed by atoms with Crippen molar-refractivity contribution in [3.8, 4) is 16.9 Å². The number of carbonyl (C=O) groups is 1. The Morgan fingerprint density at radius 2 is 1.90 bits per heavy atom. The Hall–Kier alpha value is -2.57. The highest BCUT2D eigenvalue weighted by Gasteiger charge is 2.27. The van der Waals surface area contributed by atoms with Crippen LogP contribution in [-0.2, 0) is 17.8 Å². The molecule has 2 heterocycles. The van der Waals surface area contributed by atoms with Gasteiger partial charge in [0.1, 0.15) is 5.75 Å². The number of carbonyl (C=O) groups excluding carboxylic acids is 1. The lowest BCUT2D eigenvalue weighted by molar-refractivity contribution is 0.0527. The van der Waals surface area contributed by atoms with Gasteiger partial charge in [0.2, 0.25) is 0 Å². The smallest absolute Gasteiger partial charge is 0.340 e. The van der Waals surface area contributed by atoms with Crippen molar-refractivity contribution < 1.29 is 14.6 Å². The molecule has 3 aromatic rings. The maximum atomic E-state index is 12.9. The number of hydrogen-bond acceptors (Lipinski definition) is 5. The number of benzene rings is 1. The van der Waals surface area contributed by atoms with Crippen LogP contribution >= 0.6 is 12.4 Å². The first-order chi connectivity index (χ1) is 14.4. The number of ether oxygens (including phenoxy) is 1. The van der Waals surface area contributed by atoms with Crippen molar-refractivity contribution in [3.05, 3.63) is 47.4 Å². The lowest BCUT2D eigenvalue weighted by atomic mass is 9.96. The second-order valence-corrected chi connectivity index (χ2v) is 7.81. The van der Waals surface area contributed by atoms with E-state index in [0.717, 1.165) is 52.7 Å². The van der Waals surface area contributed by atoms with E-state index in [-0.39, 0.29) is 24.1 Å². The van der Waals surface area contributed by atoms with Crippen molar-refractivity contribution >= 4 is 29.3 Å². The number of unbranched alkanes of at least 4 members (excludes halogenated alkanes) is 1. The average molecular weight is 446 g/mol. The summed E-state index contributed by atoms with van der Waals surface area (Å²) in [6, 6.07) is 5.77. The fourth-order valence-corrected chi connectivity index (χ4v) is 3.98. The number of fused-ring (bicyclic) bond motifs is 1.